The molecule has 0 bridgehead atoms. The summed E-state index contributed by atoms with van der Waals surface area (Å²) >= 11 is 0. The van der Waals surface area contributed by atoms with Gasteiger partial charge in [-0.3, -0.25) is 4.79 Å². The Morgan fingerprint density at radius 2 is 2.04 bits per heavy atom. The molecule has 138 valence electrons. The van der Waals surface area contributed by atoms with Crippen LogP contribution in [-0.2, 0) is 9.53 Å². The van der Waals surface area contributed by atoms with E-state index in [1.807, 2.05) is 18.2 Å². The van der Waals surface area contributed by atoms with Crippen molar-refractivity contribution in [2.75, 3.05) is 37.7 Å². The maximum atomic E-state index is 14.6. The second-order valence-electron chi connectivity index (χ2n) is 7.76. The number of rotatable bonds is 2. The lowest BCUT2D eigenvalue weighted by Gasteiger charge is -2.50. The van der Waals surface area contributed by atoms with Crippen LogP contribution >= 0.6 is 0 Å². The number of benzene rings is 1. The van der Waals surface area contributed by atoms with Gasteiger partial charge < -0.3 is 14.5 Å². The first-order valence-corrected chi connectivity index (χ1v) is 9.41. The molecule has 6 heteroatoms. The average molecular weight is 357 g/mol. The van der Waals surface area contributed by atoms with E-state index in [0.717, 1.165) is 31.5 Å². The van der Waals surface area contributed by atoms with Crippen LogP contribution < -0.4 is 4.90 Å². The zero-order valence-electron chi connectivity index (χ0n) is 14.9. The number of hydrogen-bond acceptors (Lipinski definition) is 4. The molecule has 1 unspecified atom stereocenters. The Morgan fingerprint density at radius 1 is 1.19 bits per heavy atom. The van der Waals surface area contributed by atoms with Crippen LogP contribution in [0.3, 0.4) is 0 Å². The maximum Gasteiger partial charge on any atom is 0.260 e. The van der Waals surface area contributed by atoms with E-state index in [1.165, 1.54) is 0 Å². The molecule has 1 aromatic carbocycles. The average Bonchev–Trinajstić information content (AvgIpc) is 2.65. The Bertz CT molecular complexity index is 739. The zero-order valence-corrected chi connectivity index (χ0v) is 14.9. The van der Waals surface area contributed by atoms with E-state index >= 15 is 0 Å². The summed E-state index contributed by atoms with van der Waals surface area (Å²) < 4.78 is 20.7. The molecule has 0 aromatic heterocycles. The lowest BCUT2D eigenvalue weighted by Crippen LogP contribution is -2.63. The Labute approximate surface area is 153 Å². The van der Waals surface area contributed by atoms with Gasteiger partial charge in [0.1, 0.15) is 5.60 Å². The predicted octanol–water partition coefficient (Wildman–Crippen LogP) is 2.65. The van der Waals surface area contributed by atoms with Crippen LogP contribution in [0, 0.1) is 11.3 Å². The first kappa shape index (κ1) is 17.3. The van der Waals surface area contributed by atoms with Gasteiger partial charge in [-0.25, -0.2) is 4.39 Å². The Morgan fingerprint density at radius 3 is 2.77 bits per heavy atom. The number of piperidine rings is 1. The van der Waals surface area contributed by atoms with Gasteiger partial charge in [0, 0.05) is 25.3 Å². The van der Waals surface area contributed by atoms with Gasteiger partial charge >= 0.3 is 0 Å². The van der Waals surface area contributed by atoms with Crippen molar-refractivity contribution in [3.63, 3.8) is 0 Å². The molecule has 3 aliphatic rings. The van der Waals surface area contributed by atoms with Gasteiger partial charge in [-0.1, -0.05) is 6.07 Å². The molecule has 5 nitrogen and oxygen atoms in total. The van der Waals surface area contributed by atoms with E-state index in [9.17, 15) is 9.18 Å². The summed E-state index contributed by atoms with van der Waals surface area (Å²) in [4.78, 5) is 16.5. The summed E-state index contributed by atoms with van der Waals surface area (Å²) in [6, 6.07) is 9.73. The number of amides is 1. The second-order valence-corrected chi connectivity index (χ2v) is 7.76. The van der Waals surface area contributed by atoms with E-state index in [-0.39, 0.29) is 5.91 Å². The second kappa shape index (κ2) is 6.55. The number of halogens is 1. The number of morpholine rings is 1. The maximum absolute atomic E-state index is 14.6. The standard InChI is InChI=1S/C20H24FN3O2/c21-20(7-2-8-20)18(25)24-10-11-26-19(15-24)6-3-9-23(14-19)17-5-1-4-16(12-17)13-22/h1,4-5,12H,2-3,6-11,14-15H2. The van der Waals surface area contributed by atoms with Gasteiger partial charge in [0.05, 0.1) is 24.8 Å². The largest absolute Gasteiger partial charge is 0.369 e. The summed E-state index contributed by atoms with van der Waals surface area (Å²) in [6.07, 6.45) is 3.30. The minimum absolute atomic E-state index is 0.350. The van der Waals surface area contributed by atoms with Gasteiger partial charge in [-0.05, 0) is 50.3 Å². The Balaban J connectivity index is 1.50. The van der Waals surface area contributed by atoms with Crippen molar-refractivity contribution < 1.29 is 13.9 Å². The van der Waals surface area contributed by atoms with Crippen molar-refractivity contribution in [1.82, 2.24) is 4.90 Å². The molecule has 3 fully saturated rings. The molecule has 4 rings (SSSR count). The monoisotopic (exact) mass is 357 g/mol. The number of carbonyl (C=O) groups excluding carboxylic acids is 1. The molecule has 1 spiro atoms. The molecule has 1 aromatic rings. The third-order valence-electron chi connectivity index (χ3n) is 5.94. The summed E-state index contributed by atoms with van der Waals surface area (Å²) in [7, 11) is 0. The first-order valence-electron chi connectivity index (χ1n) is 9.41. The van der Waals surface area contributed by atoms with Crippen LogP contribution in [-0.4, -0.2) is 54.9 Å². The quantitative estimate of drug-likeness (QED) is 0.817. The highest BCUT2D eigenvalue weighted by Crippen LogP contribution is 2.39. The molecule has 1 saturated carbocycles. The van der Waals surface area contributed by atoms with Crippen LogP contribution in [0.2, 0.25) is 0 Å². The third-order valence-corrected chi connectivity index (χ3v) is 5.94. The summed E-state index contributed by atoms with van der Waals surface area (Å²) in [6.45, 7) is 2.92. The highest BCUT2D eigenvalue weighted by atomic mass is 19.1. The Kier molecular flexibility index (Phi) is 4.36. The number of ether oxygens (including phenoxy) is 1. The molecule has 1 atom stereocenters. The normalized spacial score (nSPS) is 27.7. The molecule has 2 aliphatic heterocycles. The van der Waals surface area contributed by atoms with Crippen LogP contribution in [0.5, 0.6) is 0 Å². The van der Waals surface area contributed by atoms with E-state index < -0.39 is 11.3 Å². The minimum Gasteiger partial charge on any atom is -0.369 e. The van der Waals surface area contributed by atoms with E-state index in [0.29, 0.717) is 44.6 Å². The van der Waals surface area contributed by atoms with Gasteiger partial charge in [0.2, 0.25) is 0 Å². The fraction of sp³-hybridized carbons (Fsp3) is 0.600. The predicted molar refractivity (Wildman–Crippen MR) is 95.6 cm³/mol. The van der Waals surface area contributed by atoms with Crippen molar-refractivity contribution in [2.45, 2.75) is 43.4 Å². The summed E-state index contributed by atoms with van der Waals surface area (Å²) in [5.41, 5.74) is -0.466. The number of alkyl halides is 1. The number of nitriles is 1. The van der Waals surface area contributed by atoms with Gasteiger partial charge in [-0.2, -0.15) is 5.26 Å². The van der Waals surface area contributed by atoms with Crippen molar-refractivity contribution in [1.29, 1.82) is 5.26 Å². The smallest absolute Gasteiger partial charge is 0.260 e. The van der Waals surface area contributed by atoms with E-state index in [4.69, 9.17) is 10.00 Å². The number of nitrogens with zero attached hydrogens (tertiary/aromatic N) is 3. The SMILES string of the molecule is N#Cc1cccc(N2CCCC3(CN(C(=O)C4(F)CCC4)CCO3)C2)c1. The van der Waals surface area contributed by atoms with Crippen molar-refractivity contribution in [2.24, 2.45) is 0 Å². The molecule has 1 aliphatic carbocycles. The molecule has 0 N–H and O–H groups in total. The van der Waals surface area contributed by atoms with Crippen molar-refractivity contribution >= 4 is 11.6 Å². The lowest BCUT2D eigenvalue weighted by molar-refractivity contribution is -0.168. The van der Waals surface area contributed by atoms with Gasteiger partial charge in [0.15, 0.2) is 5.67 Å². The highest BCUT2D eigenvalue weighted by molar-refractivity contribution is 5.86. The summed E-state index contributed by atoms with van der Waals surface area (Å²) in [5.74, 6) is -0.352. The fourth-order valence-corrected chi connectivity index (χ4v) is 4.34. The van der Waals surface area contributed by atoms with Crippen LogP contribution in [0.15, 0.2) is 24.3 Å². The van der Waals surface area contributed by atoms with Crippen LogP contribution in [0.4, 0.5) is 10.1 Å². The van der Waals surface area contributed by atoms with Crippen molar-refractivity contribution in [3.05, 3.63) is 29.8 Å². The van der Waals surface area contributed by atoms with Crippen LogP contribution in [0.1, 0.15) is 37.7 Å². The molecule has 1 amide bonds. The first-order chi connectivity index (χ1) is 12.5. The van der Waals surface area contributed by atoms with Crippen molar-refractivity contribution in [3.8, 4) is 6.07 Å². The van der Waals surface area contributed by atoms with Gasteiger partial charge in [0.25, 0.3) is 5.91 Å². The topological polar surface area (TPSA) is 56.6 Å². The zero-order chi connectivity index (χ0) is 18.2. The van der Waals surface area contributed by atoms with Crippen LogP contribution in [0.25, 0.3) is 0 Å². The molecular formula is C20H24FN3O2. The van der Waals surface area contributed by atoms with Gasteiger partial charge in [-0.15, -0.1) is 0 Å². The molecular weight excluding hydrogens is 333 g/mol. The number of carbonyl (C=O) groups is 1. The lowest BCUT2D eigenvalue weighted by atomic mass is 9.80. The Hall–Kier alpha value is -2.13. The fourth-order valence-electron chi connectivity index (χ4n) is 4.34. The minimum atomic E-state index is -1.64. The highest BCUT2D eigenvalue weighted by Gasteiger charge is 2.50. The summed E-state index contributed by atoms with van der Waals surface area (Å²) in [5, 5.41) is 9.13. The molecule has 26 heavy (non-hydrogen) atoms. The molecule has 2 heterocycles. The number of hydrogen-bond donors (Lipinski definition) is 0. The number of anilines is 1. The molecule has 0 radical (unpaired) electrons. The van der Waals surface area contributed by atoms with E-state index in [1.54, 1.807) is 11.0 Å². The molecule has 2 saturated heterocycles. The third kappa shape index (κ3) is 3.05. The van der Waals surface area contributed by atoms with E-state index in [2.05, 4.69) is 11.0 Å².